The number of nitrogens with one attached hydrogen (secondary N) is 1. The molecule has 0 spiro atoms. The van der Waals surface area contributed by atoms with Crippen molar-refractivity contribution in [3.63, 3.8) is 0 Å². The van der Waals surface area contributed by atoms with Gasteiger partial charge in [-0.15, -0.1) is 0 Å². The molecule has 0 radical (unpaired) electrons. The molecule has 4 heteroatoms. The fraction of sp³-hybridized carbons (Fsp3) is 0.611. The van der Waals surface area contributed by atoms with E-state index in [0.717, 1.165) is 6.42 Å². The lowest BCUT2D eigenvalue weighted by Gasteiger charge is -2.34. The number of carbonyl (C=O) groups is 1. The Morgan fingerprint density at radius 3 is 2.18 bits per heavy atom. The third kappa shape index (κ3) is 5.96. The summed E-state index contributed by atoms with van der Waals surface area (Å²) in [6.45, 7) is 12.3. The van der Waals surface area contributed by atoms with Crippen LogP contribution in [0.15, 0.2) is 24.3 Å². The van der Waals surface area contributed by atoms with Gasteiger partial charge in [0.1, 0.15) is 0 Å². The van der Waals surface area contributed by atoms with Crippen molar-refractivity contribution in [1.82, 2.24) is 5.32 Å². The van der Waals surface area contributed by atoms with Gasteiger partial charge in [-0.1, -0.05) is 32.9 Å². The lowest BCUT2D eigenvalue weighted by atomic mass is 9.81. The molecule has 0 aliphatic rings. The summed E-state index contributed by atoms with van der Waals surface area (Å²) in [7, 11) is 1.58. The Balaban J connectivity index is 2.69. The zero-order valence-electron chi connectivity index (χ0n) is 14.8. The van der Waals surface area contributed by atoms with Crippen molar-refractivity contribution in [2.75, 3.05) is 7.11 Å². The first-order valence-electron chi connectivity index (χ1n) is 7.66. The van der Waals surface area contributed by atoms with Gasteiger partial charge in [0.05, 0.1) is 7.11 Å². The molecule has 0 bridgehead atoms. The van der Waals surface area contributed by atoms with Crippen LogP contribution in [-0.2, 0) is 4.79 Å². The summed E-state index contributed by atoms with van der Waals surface area (Å²) < 4.78 is 11.0. The molecule has 1 atom stereocenters. The highest BCUT2D eigenvalue weighted by molar-refractivity contribution is 5.81. The van der Waals surface area contributed by atoms with Crippen LogP contribution in [0.2, 0.25) is 0 Å². The van der Waals surface area contributed by atoms with Crippen molar-refractivity contribution in [3.8, 4) is 11.5 Å². The molecule has 0 saturated heterocycles. The Kier molecular flexibility index (Phi) is 5.86. The van der Waals surface area contributed by atoms with Crippen molar-refractivity contribution in [1.29, 1.82) is 0 Å². The molecule has 1 N–H and O–H groups in total. The van der Waals surface area contributed by atoms with Crippen molar-refractivity contribution in [2.24, 2.45) is 5.41 Å². The molecule has 0 saturated carbocycles. The molecule has 0 fully saturated rings. The van der Waals surface area contributed by atoms with Crippen LogP contribution in [0.1, 0.15) is 48.0 Å². The standard InChI is InChI=1S/C18H29NO3/c1-13(22-15-11-9-8-10-14(15)21-7)16(20)19-18(5,6)12-17(2,3)4/h8-11,13H,12H2,1-7H3,(H,19,20). The smallest absolute Gasteiger partial charge is 0.261 e. The van der Waals surface area contributed by atoms with Crippen LogP contribution in [0.4, 0.5) is 0 Å². The topological polar surface area (TPSA) is 47.6 Å². The highest BCUT2D eigenvalue weighted by atomic mass is 16.5. The SMILES string of the molecule is COc1ccccc1OC(C)C(=O)NC(C)(C)CC(C)(C)C. The maximum Gasteiger partial charge on any atom is 0.261 e. The maximum atomic E-state index is 12.4. The second-order valence-electron chi connectivity index (χ2n) is 7.52. The molecule has 1 aromatic carbocycles. The molecular weight excluding hydrogens is 278 g/mol. The molecule has 1 amide bonds. The largest absolute Gasteiger partial charge is 0.493 e. The van der Waals surface area contributed by atoms with E-state index >= 15 is 0 Å². The van der Waals surface area contributed by atoms with E-state index in [9.17, 15) is 4.79 Å². The van der Waals surface area contributed by atoms with Crippen LogP contribution in [0.25, 0.3) is 0 Å². The number of carbonyl (C=O) groups excluding carboxylic acids is 1. The Morgan fingerprint density at radius 1 is 1.14 bits per heavy atom. The lowest BCUT2D eigenvalue weighted by Crippen LogP contribution is -2.50. The Morgan fingerprint density at radius 2 is 1.68 bits per heavy atom. The summed E-state index contributed by atoms with van der Waals surface area (Å²) in [4.78, 5) is 12.4. The van der Waals surface area contributed by atoms with E-state index in [4.69, 9.17) is 9.47 Å². The van der Waals surface area contributed by atoms with E-state index in [0.29, 0.717) is 11.5 Å². The normalized spacial score (nSPS) is 13.4. The van der Waals surface area contributed by atoms with Gasteiger partial charge < -0.3 is 14.8 Å². The van der Waals surface area contributed by atoms with Gasteiger partial charge in [0, 0.05) is 5.54 Å². The molecule has 0 aromatic heterocycles. The minimum Gasteiger partial charge on any atom is -0.493 e. The minimum atomic E-state index is -0.587. The summed E-state index contributed by atoms with van der Waals surface area (Å²) in [5.74, 6) is 1.07. The number of rotatable bonds is 6. The summed E-state index contributed by atoms with van der Waals surface area (Å²) >= 11 is 0. The fourth-order valence-corrected chi connectivity index (χ4v) is 2.77. The van der Waals surface area contributed by atoms with Gasteiger partial charge >= 0.3 is 0 Å². The van der Waals surface area contributed by atoms with Crippen LogP contribution in [0, 0.1) is 5.41 Å². The summed E-state index contributed by atoms with van der Waals surface area (Å²) in [5.41, 5.74) is -0.142. The fourth-order valence-electron chi connectivity index (χ4n) is 2.77. The summed E-state index contributed by atoms with van der Waals surface area (Å²) in [6.07, 6.45) is 0.295. The van der Waals surface area contributed by atoms with E-state index in [1.807, 2.05) is 32.0 Å². The summed E-state index contributed by atoms with van der Waals surface area (Å²) in [6, 6.07) is 7.32. The van der Waals surface area contributed by atoms with Gasteiger partial charge in [-0.3, -0.25) is 4.79 Å². The van der Waals surface area contributed by atoms with Crippen LogP contribution in [0.3, 0.4) is 0 Å². The third-order valence-corrected chi connectivity index (χ3v) is 3.18. The molecular formula is C18H29NO3. The van der Waals surface area contributed by atoms with Crippen molar-refractivity contribution in [3.05, 3.63) is 24.3 Å². The zero-order valence-corrected chi connectivity index (χ0v) is 14.8. The van der Waals surface area contributed by atoms with Gasteiger partial charge in [-0.2, -0.15) is 0 Å². The molecule has 1 aromatic rings. The number of ether oxygens (including phenoxy) is 2. The van der Waals surface area contributed by atoms with E-state index in [2.05, 4.69) is 26.1 Å². The van der Waals surface area contributed by atoms with Gasteiger partial charge in [0.25, 0.3) is 5.91 Å². The average Bonchev–Trinajstić information content (AvgIpc) is 2.35. The highest BCUT2D eigenvalue weighted by Crippen LogP contribution is 2.28. The van der Waals surface area contributed by atoms with Gasteiger partial charge in [-0.05, 0) is 44.7 Å². The monoisotopic (exact) mass is 307 g/mol. The Bertz CT molecular complexity index is 503. The molecule has 22 heavy (non-hydrogen) atoms. The molecule has 124 valence electrons. The third-order valence-electron chi connectivity index (χ3n) is 3.18. The minimum absolute atomic E-state index is 0.125. The van der Waals surface area contributed by atoms with Crippen molar-refractivity contribution >= 4 is 5.91 Å². The van der Waals surface area contributed by atoms with Crippen molar-refractivity contribution in [2.45, 2.75) is 59.6 Å². The molecule has 0 heterocycles. The van der Waals surface area contributed by atoms with Crippen LogP contribution in [-0.4, -0.2) is 24.7 Å². The zero-order chi connectivity index (χ0) is 17.0. The quantitative estimate of drug-likeness (QED) is 0.869. The molecule has 0 aliphatic carbocycles. The number of hydrogen-bond donors (Lipinski definition) is 1. The number of benzene rings is 1. The van der Waals surface area contributed by atoms with Gasteiger partial charge in [0.15, 0.2) is 17.6 Å². The van der Waals surface area contributed by atoms with Gasteiger partial charge in [0.2, 0.25) is 0 Å². The first-order valence-corrected chi connectivity index (χ1v) is 7.66. The molecule has 0 aliphatic heterocycles. The molecule has 4 nitrogen and oxygen atoms in total. The maximum absolute atomic E-state index is 12.4. The molecule has 1 unspecified atom stereocenters. The second-order valence-corrected chi connectivity index (χ2v) is 7.52. The Labute approximate surface area is 134 Å². The number of hydrogen-bond acceptors (Lipinski definition) is 3. The van der Waals surface area contributed by atoms with Gasteiger partial charge in [-0.25, -0.2) is 0 Å². The number of methoxy groups -OCH3 is 1. The van der Waals surface area contributed by atoms with Crippen LogP contribution in [0.5, 0.6) is 11.5 Å². The van der Waals surface area contributed by atoms with Crippen LogP contribution < -0.4 is 14.8 Å². The first kappa shape index (κ1) is 18.3. The first-order chi connectivity index (χ1) is 10.0. The van der Waals surface area contributed by atoms with E-state index < -0.39 is 6.10 Å². The lowest BCUT2D eigenvalue weighted by molar-refractivity contribution is -0.129. The number of amides is 1. The second kappa shape index (κ2) is 7.03. The van der Waals surface area contributed by atoms with E-state index in [-0.39, 0.29) is 16.9 Å². The average molecular weight is 307 g/mol. The van der Waals surface area contributed by atoms with Crippen LogP contribution >= 0.6 is 0 Å². The molecule has 1 rings (SSSR count). The number of para-hydroxylation sites is 2. The van der Waals surface area contributed by atoms with E-state index in [1.165, 1.54) is 0 Å². The Hall–Kier alpha value is -1.71. The highest BCUT2D eigenvalue weighted by Gasteiger charge is 2.29. The summed E-state index contributed by atoms with van der Waals surface area (Å²) in [5, 5.41) is 3.07. The predicted molar refractivity (Wildman–Crippen MR) is 89.4 cm³/mol. The van der Waals surface area contributed by atoms with E-state index in [1.54, 1.807) is 20.1 Å². The van der Waals surface area contributed by atoms with Crippen molar-refractivity contribution < 1.29 is 14.3 Å². The predicted octanol–water partition coefficient (Wildman–Crippen LogP) is 3.79.